The lowest BCUT2D eigenvalue weighted by Crippen LogP contribution is -2.43. The van der Waals surface area contributed by atoms with Gasteiger partial charge < -0.3 is 14.8 Å². The molecule has 0 radical (unpaired) electrons. The highest BCUT2D eigenvalue weighted by Gasteiger charge is 2.27. The molecule has 6 heteroatoms. The van der Waals surface area contributed by atoms with Gasteiger partial charge in [-0.1, -0.05) is 0 Å². The van der Waals surface area contributed by atoms with Crippen LogP contribution in [-0.4, -0.2) is 53.1 Å². The molecule has 1 aromatic rings. The number of thioether (sulfide) groups is 1. The van der Waals surface area contributed by atoms with Crippen molar-refractivity contribution in [3.8, 4) is 0 Å². The first kappa shape index (κ1) is 18.5. The highest BCUT2D eigenvalue weighted by Crippen LogP contribution is 2.22. The van der Waals surface area contributed by atoms with Gasteiger partial charge in [0.15, 0.2) is 0 Å². The first-order chi connectivity index (χ1) is 12.1. The Labute approximate surface area is 154 Å². The molecule has 0 spiro atoms. The van der Waals surface area contributed by atoms with Crippen molar-refractivity contribution in [3.05, 3.63) is 33.7 Å². The minimum absolute atomic E-state index is 0.115. The minimum atomic E-state index is -0.132. The van der Waals surface area contributed by atoms with Crippen LogP contribution in [0.15, 0.2) is 17.1 Å². The molecule has 5 nitrogen and oxygen atoms in total. The Morgan fingerprint density at radius 2 is 2.12 bits per heavy atom. The molecule has 0 aliphatic carbocycles. The van der Waals surface area contributed by atoms with Crippen LogP contribution in [0.5, 0.6) is 0 Å². The van der Waals surface area contributed by atoms with Crippen LogP contribution in [0.1, 0.15) is 41.6 Å². The maximum absolute atomic E-state index is 13.0. The van der Waals surface area contributed by atoms with E-state index in [2.05, 4.69) is 5.32 Å². The predicted molar refractivity (Wildman–Crippen MR) is 103 cm³/mol. The lowest BCUT2D eigenvalue weighted by Gasteiger charge is -2.31. The van der Waals surface area contributed by atoms with Gasteiger partial charge in [-0.15, -0.1) is 0 Å². The monoisotopic (exact) mass is 363 g/mol. The van der Waals surface area contributed by atoms with Gasteiger partial charge >= 0.3 is 0 Å². The Morgan fingerprint density at radius 3 is 2.80 bits per heavy atom. The molecule has 1 aromatic heterocycles. The van der Waals surface area contributed by atoms with Crippen LogP contribution in [0.4, 0.5) is 0 Å². The Balaban J connectivity index is 1.80. The van der Waals surface area contributed by atoms with Gasteiger partial charge in [0.05, 0.1) is 0 Å². The van der Waals surface area contributed by atoms with Gasteiger partial charge in [-0.05, 0) is 74.7 Å². The Kier molecular flexibility index (Phi) is 6.23. The smallest absolute Gasteiger partial charge is 0.263 e. The zero-order valence-corrected chi connectivity index (χ0v) is 16.1. The number of aromatic nitrogens is 1. The summed E-state index contributed by atoms with van der Waals surface area (Å²) in [6.45, 7) is 4.57. The molecule has 0 saturated carbocycles. The Morgan fingerprint density at radius 1 is 1.36 bits per heavy atom. The number of hydrogen-bond acceptors (Lipinski definition) is 4. The molecular formula is C19H29N3O2S. The molecule has 2 aliphatic rings. The number of rotatable bonds is 4. The summed E-state index contributed by atoms with van der Waals surface area (Å²) >= 11 is 1.94. The van der Waals surface area contributed by atoms with E-state index in [9.17, 15) is 9.59 Å². The number of pyridine rings is 1. The van der Waals surface area contributed by atoms with E-state index in [1.807, 2.05) is 38.0 Å². The molecule has 25 heavy (non-hydrogen) atoms. The third-order valence-electron chi connectivity index (χ3n) is 5.50. The molecule has 0 bridgehead atoms. The minimum Gasteiger partial charge on any atom is -0.338 e. The van der Waals surface area contributed by atoms with E-state index in [1.54, 1.807) is 9.47 Å². The van der Waals surface area contributed by atoms with Crippen molar-refractivity contribution in [2.24, 2.45) is 5.92 Å². The third kappa shape index (κ3) is 4.29. The Hall–Kier alpha value is -1.27. The van der Waals surface area contributed by atoms with Crippen LogP contribution in [0.3, 0.4) is 0 Å². The van der Waals surface area contributed by atoms with Crippen LogP contribution < -0.4 is 10.9 Å². The van der Waals surface area contributed by atoms with E-state index in [-0.39, 0.29) is 17.5 Å². The number of aryl methyl sites for hydroxylation is 1. The molecule has 138 valence electrons. The normalized spacial score (nSPS) is 21.9. The fraction of sp³-hybridized carbons (Fsp3) is 0.684. The molecule has 2 saturated heterocycles. The second-order valence-electron chi connectivity index (χ2n) is 7.30. The van der Waals surface area contributed by atoms with Crippen molar-refractivity contribution in [1.29, 1.82) is 0 Å². The van der Waals surface area contributed by atoms with Crippen LogP contribution >= 0.6 is 11.8 Å². The van der Waals surface area contributed by atoms with Crippen LogP contribution in [0.25, 0.3) is 0 Å². The first-order valence-corrected chi connectivity index (χ1v) is 10.5. The summed E-state index contributed by atoms with van der Waals surface area (Å²) in [5.41, 5.74) is 1.00. The summed E-state index contributed by atoms with van der Waals surface area (Å²) in [6.07, 6.45) is 6.16. The topological polar surface area (TPSA) is 54.3 Å². The van der Waals surface area contributed by atoms with Crippen molar-refractivity contribution < 1.29 is 4.79 Å². The number of nitrogens with zero attached hydrogens (tertiary/aromatic N) is 2. The lowest BCUT2D eigenvalue weighted by molar-refractivity contribution is 0.0720. The largest absolute Gasteiger partial charge is 0.338 e. The zero-order valence-electron chi connectivity index (χ0n) is 15.3. The number of piperidine rings is 1. The van der Waals surface area contributed by atoms with Gasteiger partial charge in [0.1, 0.15) is 5.56 Å². The summed E-state index contributed by atoms with van der Waals surface area (Å²) in [6, 6.07) is 2.17. The average Bonchev–Trinajstić information content (AvgIpc) is 2.65. The number of nitrogens with one attached hydrogen (secondary N) is 1. The highest BCUT2D eigenvalue weighted by molar-refractivity contribution is 7.99. The summed E-state index contributed by atoms with van der Waals surface area (Å²) < 4.78 is 1.74. The molecule has 1 amide bonds. The lowest BCUT2D eigenvalue weighted by atomic mass is 9.99. The quantitative estimate of drug-likeness (QED) is 0.890. The third-order valence-corrected chi connectivity index (χ3v) is 6.55. The SMILES string of the molecule is Cc1ccn(CC2CCCNC2)c(=O)c1C(=O)N(C)C1CCSCC1. The number of carbonyl (C=O) groups is 1. The molecule has 1 N–H and O–H groups in total. The molecule has 3 heterocycles. The second-order valence-corrected chi connectivity index (χ2v) is 8.53. The van der Waals surface area contributed by atoms with Crippen molar-refractivity contribution in [1.82, 2.24) is 14.8 Å². The number of amides is 1. The summed E-state index contributed by atoms with van der Waals surface area (Å²) in [5.74, 6) is 2.53. The van der Waals surface area contributed by atoms with E-state index in [0.717, 1.165) is 55.8 Å². The Bertz CT molecular complexity index is 661. The summed E-state index contributed by atoms with van der Waals surface area (Å²) in [4.78, 5) is 27.8. The molecular weight excluding hydrogens is 334 g/mol. The van der Waals surface area contributed by atoms with Crippen LogP contribution in [-0.2, 0) is 6.54 Å². The van der Waals surface area contributed by atoms with Gasteiger partial charge in [0.2, 0.25) is 0 Å². The maximum atomic E-state index is 13.0. The van der Waals surface area contributed by atoms with Crippen molar-refractivity contribution in [2.75, 3.05) is 31.6 Å². The highest BCUT2D eigenvalue weighted by atomic mass is 32.2. The number of carbonyl (C=O) groups excluding carboxylic acids is 1. The summed E-state index contributed by atoms with van der Waals surface area (Å²) in [5, 5.41) is 3.39. The maximum Gasteiger partial charge on any atom is 0.263 e. The standard InChI is InChI=1S/C19H29N3O2S/c1-14-5-9-22(13-15-4-3-8-20-12-15)19(24)17(14)18(23)21(2)16-6-10-25-11-7-16/h5,9,15-16,20H,3-4,6-8,10-13H2,1-2H3. The average molecular weight is 364 g/mol. The van der Waals surface area contributed by atoms with Gasteiger partial charge in [-0.25, -0.2) is 0 Å². The van der Waals surface area contributed by atoms with E-state index >= 15 is 0 Å². The molecule has 1 atom stereocenters. The van der Waals surface area contributed by atoms with Crippen LogP contribution in [0, 0.1) is 12.8 Å². The van der Waals surface area contributed by atoms with Gasteiger partial charge in [-0.3, -0.25) is 9.59 Å². The molecule has 0 aromatic carbocycles. The van der Waals surface area contributed by atoms with Crippen molar-refractivity contribution in [3.63, 3.8) is 0 Å². The molecule has 3 rings (SSSR count). The fourth-order valence-corrected chi connectivity index (χ4v) is 4.92. The zero-order chi connectivity index (χ0) is 17.8. The van der Waals surface area contributed by atoms with E-state index in [1.165, 1.54) is 0 Å². The van der Waals surface area contributed by atoms with Crippen molar-refractivity contribution >= 4 is 17.7 Å². The van der Waals surface area contributed by atoms with E-state index in [0.29, 0.717) is 18.0 Å². The van der Waals surface area contributed by atoms with E-state index in [4.69, 9.17) is 0 Å². The molecule has 2 aliphatic heterocycles. The molecule has 2 fully saturated rings. The van der Waals surface area contributed by atoms with E-state index < -0.39 is 0 Å². The second kappa shape index (κ2) is 8.41. The first-order valence-electron chi connectivity index (χ1n) is 9.33. The number of hydrogen-bond donors (Lipinski definition) is 1. The van der Waals surface area contributed by atoms with Gasteiger partial charge in [-0.2, -0.15) is 11.8 Å². The summed E-state index contributed by atoms with van der Waals surface area (Å²) in [7, 11) is 1.85. The van der Waals surface area contributed by atoms with Crippen molar-refractivity contribution in [2.45, 2.75) is 45.2 Å². The van der Waals surface area contributed by atoms with Gasteiger partial charge in [0.25, 0.3) is 11.5 Å². The predicted octanol–water partition coefficient (Wildman–Crippen LogP) is 2.12. The molecule has 1 unspecified atom stereocenters. The van der Waals surface area contributed by atoms with Crippen LogP contribution in [0.2, 0.25) is 0 Å². The van der Waals surface area contributed by atoms with Gasteiger partial charge in [0, 0.05) is 25.8 Å². The fourth-order valence-electron chi connectivity index (χ4n) is 3.84.